The molecule has 4 heterocycles. The minimum atomic E-state index is -0.635. The number of rotatable bonds is 9. The highest BCUT2D eigenvalue weighted by molar-refractivity contribution is 6.81. The third-order valence-electron chi connectivity index (χ3n) is 13.8. The molecule has 1 fully saturated rings. The van der Waals surface area contributed by atoms with E-state index in [1.165, 1.54) is 33.0 Å². The van der Waals surface area contributed by atoms with Crippen LogP contribution in [-0.4, -0.2) is 37.6 Å². The van der Waals surface area contributed by atoms with Gasteiger partial charge in [-0.25, -0.2) is 4.98 Å². The minimum Gasteiger partial charge on any atom is -0.452 e. The monoisotopic (exact) mass is 941 g/mol. The molecule has 8 nitrogen and oxygen atoms in total. The van der Waals surface area contributed by atoms with Gasteiger partial charge in [0, 0.05) is 33.8 Å². The number of benzene rings is 6. The third-order valence-corrected chi connectivity index (χ3v) is 13.8. The molecule has 10 rings (SSSR count). The lowest BCUT2D eigenvalue weighted by Crippen LogP contribution is -2.59. The summed E-state index contributed by atoms with van der Waals surface area (Å²) >= 11 is 0. The van der Waals surface area contributed by atoms with Gasteiger partial charge >= 0.3 is 21.4 Å². The van der Waals surface area contributed by atoms with Gasteiger partial charge in [0.05, 0.1) is 35.6 Å². The Balaban J connectivity index is 0.944. The molecule has 1 saturated heterocycles. The number of nitrogens with zero attached hydrogens (tertiary/aromatic N) is 4. The van der Waals surface area contributed by atoms with Crippen LogP contribution in [0.1, 0.15) is 105 Å². The summed E-state index contributed by atoms with van der Waals surface area (Å²) in [5.74, 6) is 0.911. The number of hydrogen-bond donors (Lipinski definition) is 0. The van der Waals surface area contributed by atoms with Crippen LogP contribution in [0.15, 0.2) is 152 Å². The largest absolute Gasteiger partial charge is 0.468 e. The van der Waals surface area contributed by atoms with E-state index < -0.39 is 21.4 Å². The van der Waals surface area contributed by atoms with Crippen LogP contribution in [0.5, 0.6) is 0 Å². The van der Waals surface area contributed by atoms with Gasteiger partial charge in [0.1, 0.15) is 12.5 Å². The lowest BCUT2D eigenvalue weighted by molar-refractivity contribution is 0.107. The van der Waals surface area contributed by atoms with Crippen molar-refractivity contribution in [3.63, 3.8) is 0 Å². The highest BCUT2D eigenvalue weighted by Crippen LogP contribution is 2.47. The van der Waals surface area contributed by atoms with Crippen LogP contribution in [0.4, 0.5) is 22.7 Å². The van der Waals surface area contributed by atoms with Gasteiger partial charge in [0.2, 0.25) is 0 Å². The Kier molecular flexibility index (Phi) is 12.6. The Hall–Kier alpha value is -6.10. The van der Waals surface area contributed by atoms with Gasteiger partial charge in [-0.15, -0.1) is 0 Å². The van der Waals surface area contributed by atoms with E-state index in [2.05, 4.69) is 243 Å². The van der Waals surface area contributed by atoms with Crippen molar-refractivity contribution in [3.05, 3.63) is 174 Å². The molecule has 0 unspecified atom stereocenters. The average molecular weight is 941 g/mol. The van der Waals surface area contributed by atoms with E-state index >= 15 is 0 Å². The van der Waals surface area contributed by atoms with Gasteiger partial charge in [-0.2, -0.15) is 0 Å². The summed E-state index contributed by atoms with van der Waals surface area (Å²) in [6.45, 7) is 28.1. The average Bonchev–Trinajstić information content (AvgIpc) is 3.88. The van der Waals surface area contributed by atoms with Crippen molar-refractivity contribution in [3.8, 4) is 16.9 Å². The van der Waals surface area contributed by atoms with Crippen molar-refractivity contribution < 1.29 is 18.5 Å². The summed E-state index contributed by atoms with van der Waals surface area (Å²) in [7, 11) is -1.55. The van der Waals surface area contributed by atoms with Crippen LogP contribution in [0.2, 0.25) is 10.6 Å². The molecule has 8 aromatic rings. The zero-order chi connectivity index (χ0) is 50.0. The van der Waals surface area contributed by atoms with E-state index in [1.807, 2.05) is 6.20 Å². The molecular formula is C60H67B3N4O4. The molecule has 0 atom stereocenters. The Morgan fingerprint density at radius 2 is 1.20 bits per heavy atom. The van der Waals surface area contributed by atoms with Crippen LogP contribution >= 0.6 is 0 Å². The maximum absolute atomic E-state index is 6.81. The number of hydrogen-bond acceptors (Lipinski definition) is 7. The summed E-state index contributed by atoms with van der Waals surface area (Å²) in [5, 5.41) is 1.85. The summed E-state index contributed by atoms with van der Waals surface area (Å²) in [6.07, 6.45) is 1.94. The fraction of sp³-hybridized carbons (Fsp3) is 0.317. The fourth-order valence-corrected chi connectivity index (χ4v) is 10.0. The number of para-hydroxylation sites is 3. The smallest absolute Gasteiger partial charge is 0.452 e. The van der Waals surface area contributed by atoms with Crippen LogP contribution in [0.3, 0.4) is 0 Å². The Morgan fingerprint density at radius 1 is 0.535 bits per heavy atom. The van der Waals surface area contributed by atoms with Crippen LogP contribution < -0.4 is 15.3 Å². The molecule has 360 valence electrons. The summed E-state index contributed by atoms with van der Waals surface area (Å²) in [5.41, 5.74) is 14.6. The van der Waals surface area contributed by atoms with Crippen molar-refractivity contribution in [1.82, 2.24) is 9.55 Å². The molecule has 71 heavy (non-hydrogen) atoms. The summed E-state index contributed by atoms with van der Waals surface area (Å²) in [4.78, 5) is 9.81. The van der Waals surface area contributed by atoms with E-state index in [0.29, 0.717) is 19.9 Å². The second-order valence-electron chi connectivity index (χ2n) is 23.7. The molecular weight excluding hydrogens is 873 g/mol. The van der Waals surface area contributed by atoms with E-state index in [-0.39, 0.29) is 21.5 Å². The van der Waals surface area contributed by atoms with Gasteiger partial charge < -0.3 is 28.3 Å². The molecule has 0 radical (unpaired) electrons. The molecule has 6 aromatic carbocycles. The number of aromatic nitrogens is 2. The van der Waals surface area contributed by atoms with Gasteiger partial charge in [0.25, 0.3) is 0 Å². The molecule has 2 aromatic heterocycles. The SMILES string of the molecule is CC(C)(C)B1OB(c2cccc(C(C)(C)C)c2N2CN(c3cccc(COCc4ccc5c6cc(-c7ccccc7)ccc6n(-c6cc(C(C)(C)C)ccn6)c5c4)c3)c3ccccc32)OB(C(C)(C)C)O1. The first-order chi connectivity index (χ1) is 33.7. The normalized spacial score (nSPS) is 14.8. The highest BCUT2D eigenvalue weighted by Gasteiger charge is 2.52. The van der Waals surface area contributed by atoms with Crippen molar-refractivity contribution in [1.29, 1.82) is 0 Å². The zero-order valence-corrected chi connectivity index (χ0v) is 43.7. The van der Waals surface area contributed by atoms with Crippen LogP contribution in [0.25, 0.3) is 38.8 Å². The zero-order valence-electron chi connectivity index (χ0n) is 43.7. The van der Waals surface area contributed by atoms with E-state index in [0.717, 1.165) is 56.2 Å². The lowest BCUT2D eigenvalue weighted by atomic mass is 9.50. The fourth-order valence-electron chi connectivity index (χ4n) is 10.0. The first-order valence-corrected chi connectivity index (χ1v) is 25.2. The Morgan fingerprint density at radius 3 is 1.87 bits per heavy atom. The van der Waals surface area contributed by atoms with Gasteiger partial charge in [-0.1, -0.05) is 174 Å². The van der Waals surface area contributed by atoms with E-state index in [1.54, 1.807) is 0 Å². The molecule has 0 amide bonds. The van der Waals surface area contributed by atoms with Gasteiger partial charge in [0.15, 0.2) is 0 Å². The molecule has 0 spiro atoms. The topological polar surface area (TPSA) is 61.2 Å². The number of anilines is 4. The maximum atomic E-state index is 6.81. The number of fused-ring (bicyclic) bond motifs is 4. The molecule has 0 bridgehead atoms. The van der Waals surface area contributed by atoms with Crippen molar-refractivity contribution in [2.75, 3.05) is 16.5 Å². The van der Waals surface area contributed by atoms with Crippen molar-refractivity contribution in [2.24, 2.45) is 0 Å². The first-order valence-electron chi connectivity index (χ1n) is 25.2. The molecule has 0 saturated carbocycles. The number of pyridine rings is 1. The first kappa shape index (κ1) is 48.5. The molecule has 0 N–H and O–H groups in total. The number of ether oxygens (including phenoxy) is 1. The molecule has 11 heteroatoms. The maximum Gasteiger partial charge on any atom is 0.468 e. The second-order valence-corrected chi connectivity index (χ2v) is 23.7. The standard InChI is InChI=1S/C60H67B3N4O4/c1-57(2,3)45-32-33-64-55(37-45)67-51-31-29-44(43-21-14-13-15-22-43)36-48(51)47-30-28-42(35-54(47)67)39-68-38-41-20-18-23-46(34-41)65-40-66(53-27-17-16-26-52(53)65)56-49(58(4,5)6)24-19-25-50(56)61-69-62(59(7,8)9)71-63(70-61)60(10,11)12/h13-37H,38-40H2,1-12H3. The highest BCUT2D eigenvalue weighted by atomic mass is 16.7. The predicted molar refractivity (Wildman–Crippen MR) is 298 cm³/mol. The van der Waals surface area contributed by atoms with Crippen molar-refractivity contribution in [2.45, 2.75) is 118 Å². The molecule has 0 aliphatic carbocycles. The van der Waals surface area contributed by atoms with Crippen LogP contribution in [0, 0.1) is 0 Å². The predicted octanol–water partition coefficient (Wildman–Crippen LogP) is 14.7. The van der Waals surface area contributed by atoms with Crippen LogP contribution in [-0.2, 0) is 42.5 Å². The summed E-state index contributed by atoms with van der Waals surface area (Å²) < 4.78 is 29.1. The molecule has 2 aliphatic heterocycles. The quantitative estimate of drug-likeness (QED) is 0.134. The van der Waals surface area contributed by atoms with Gasteiger partial charge in [-0.3, -0.25) is 4.57 Å². The van der Waals surface area contributed by atoms with Gasteiger partial charge in [-0.05, 0) is 109 Å². The Bertz CT molecular complexity index is 3220. The lowest BCUT2D eigenvalue weighted by Gasteiger charge is -2.42. The van der Waals surface area contributed by atoms with E-state index in [9.17, 15) is 0 Å². The Labute approximate surface area is 422 Å². The molecule has 2 aliphatic rings. The second kappa shape index (κ2) is 18.5. The minimum absolute atomic E-state index is 0.0195. The van der Waals surface area contributed by atoms with E-state index in [4.69, 9.17) is 23.4 Å². The summed E-state index contributed by atoms with van der Waals surface area (Å²) in [6, 6.07) is 52.5. The third kappa shape index (κ3) is 9.70. The van der Waals surface area contributed by atoms with Crippen molar-refractivity contribution >= 4 is 71.4 Å².